The van der Waals surface area contributed by atoms with E-state index >= 15 is 0 Å². The number of sulfonamides is 2. The van der Waals surface area contributed by atoms with Crippen LogP contribution < -0.4 is 18.5 Å². The number of nitrogens with zero attached hydrogens (tertiary/aromatic N) is 9. The highest BCUT2D eigenvalue weighted by Gasteiger charge is 2.40. The molecule has 66 heavy (non-hydrogen) atoms. The molecule has 0 saturated carbocycles. The zero-order valence-electron chi connectivity index (χ0n) is 36.0. The van der Waals surface area contributed by atoms with Gasteiger partial charge in [-0.1, -0.05) is 48.5 Å². The third kappa shape index (κ3) is 9.99. The average molecular weight is 921 g/mol. The summed E-state index contributed by atoms with van der Waals surface area (Å²) in [6, 6.07) is 35.6. The number of rotatable bonds is 18. The van der Waals surface area contributed by atoms with Gasteiger partial charge < -0.3 is 9.47 Å². The van der Waals surface area contributed by atoms with Crippen LogP contribution in [-0.4, -0.2) is 83.1 Å². The van der Waals surface area contributed by atoms with E-state index in [0.29, 0.717) is 34.5 Å². The van der Waals surface area contributed by atoms with Crippen LogP contribution in [0.25, 0.3) is 0 Å². The minimum absolute atomic E-state index is 0.0347. The predicted molar refractivity (Wildman–Crippen MR) is 249 cm³/mol. The second-order valence-electron chi connectivity index (χ2n) is 15.2. The van der Waals surface area contributed by atoms with Crippen LogP contribution in [0.2, 0.25) is 0 Å². The van der Waals surface area contributed by atoms with Gasteiger partial charge in [-0.2, -0.15) is 0 Å². The lowest BCUT2D eigenvalue weighted by Crippen LogP contribution is -2.38. The highest BCUT2D eigenvalue weighted by atomic mass is 32.2. The van der Waals surface area contributed by atoms with Crippen molar-refractivity contribution in [2.24, 2.45) is 0 Å². The first kappa shape index (κ1) is 44.9. The van der Waals surface area contributed by atoms with Crippen molar-refractivity contribution in [1.29, 1.82) is 0 Å². The van der Waals surface area contributed by atoms with Gasteiger partial charge in [0.1, 0.15) is 11.6 Å². The Morgan fingerprint density at radius 3 is 1.68 bits per heavy atom. The molecule has 0 aliphatic carbocycles. The fourth-order valence-corrected chi connectivity index (χ4v) is 10.6. The van der Waals surface area contributed by atoms with E-state index in [1.807, 2.05) is 66.7 Å². The Bertz CT molecular complexity index is 3040. The molecule has 8 aromatic rings. The maximum Gasteiger partial charge on any atom is 0.253 e. The Kier molecular flexibility index (Phi) is 13.3. The Morgan fingerprint density at radius 1 is 0.576 bits per heavy atom. The van der Waals surface area contributed by atoms with Gasteiger partial charge in [-0.15, -0.1) is 0 Å². The molecule has 0 aliphatic rings. The summed E-state index contributed by atoms with van der Waals surface area (Å²) in [6.45, 7) is 0. The molecule has 0 spiro atoms. The molecule has 8 heterocycles. The molecule has 1 unspecified atom stereocenters. The second kappa shape index (κ2) is 19.6. The minimum Gasteiger partial charge on any atom is -0.481 e. The molecule has 1 N–H and O–H groups in total. The number of ether oxygens (including phenoxy) is 2. The molecule has 0 saturated heterocycles. The Labute approximate surface area is 383 Å². The van der Waals surface area contributed by atoms with E-state index in [1.165, 1.54) is 26.4 Å². The summed E-state index contributed by atoms with van der Waals surface area (Å²) in [5, 5.41) is 0. The van der Waals surface area contributed by atoms with E-state index in [1.54, 1.807) is 92.0 Å². The van der Waals surface area contributed by atoms with Crippen molar-refractivity contribution in [2.45, 2.75) is 23.7 Å². The van der Waals surface area contributed by atoms with Gasteiger partial charge in [-0.3, -0.25) is 24.7 Å². The fourth-order valence-electron chi connectivity index (χ4n) is 8.00. The monoisotopic (exact) mass is 920 g/mol. The second-order valence-corrected chi connectivity index (χ2v) is 18.8. The highest BCUT2D eigenvalue weighted by Crippen LogP contribution is 2.43. The van der Waals surface area contributed by atoms with Crippen LogP contribution in [0.3, 0.4) is 0 Å². The maximum atomic E-state index is 14.2. The molecule has 0 bridgehead atoms. The van der Waals surface area contributed by atoms with Gasteiger partial charge in [-0.05, 0) is 82.9 Å². The summed E-state index contributed by atoms with van der Waals surface area (Å²) >= 11 is 0. The summed E-state index contributed by atoms with van der Waals surface area (Å²) in [5.41, 5.74) is 4.22. The number of methoxy groups -OCH3 is 2. The standard InChI is InChI=1S/C48H44N10O6S2/c1-63-44-22-6-18-40(55-44)47(46(34-12-8-24-49-29-34)35-13-9-25-50-30-35)39-17-5-21-43(54-39)58(65(3,59)60)33-66(61,62)57-42-20-4-16-38(53-42)28-48(36-14-10-26-51-31-36,37-15-11-27-52-32-37)41-19-7-23-45(56-41)64-2/h4-27,29-32,46-47H,28,33H2,1-3H3,(H,53,57). The van der Waals surface area contributed by atoms with Gasteiger partial charge >= 0.3 is 0 Å². The Balaban J connectivity index is 1.15. The summed E-state index contributed by atoms with van der Waals surface area (Å²) in [7, 11) is -5.70. The van der Waals surface area contributed by atoms with Crippen molar-refractivity contribution in [1.82, 2.24) is 39.9 Å². The molecule has 8 aromatic heterocycles. The Hall–Kier alpha value is -7.70. The summed E-state index contributed by atoms with van der Waals surface area (Å²) in [4.78, 5) is 37.0. The van der Waals surface area contributed by atoms with Crippen LogP contribution in [-0.2, 0) is 31.9 Å². The molecule has 16 nitrogen and oxygen atoms in total. The number of hydrogen-bond donors (Lipinski definition) is 1. The number of pyridine rings is 8. The van der Waals surface area contributed by atoms with Crippen LogP contribution in [0.4, 0.5) is 11.6 Å². The van der Waals surface area contributed by atoms with Gasteiger partial charge in [0.2, 0.25) is 21.8 Å². The van der Waals surface area contributed by atoms with E-state index in [-0.39, 0.29) is 18.1 Å². The quantitative estimate of drug-likeness (QED) is 0.0967. The molecule has 0 amide bonds. The SMILES string of the molecule is COc1cccc(C(c2cccc(N(CS(=O)(=O)Nc3cccc(CC(c4cccnc4)(c4cccnc4)c4cccc(OC)n4)n3)S(C)(=O)=O)n2)C(c2cccnc2)c2cccnc2)n1. The molecular formula is C48H44N10O6S2. The van der Waals surface area contributed by atoms with Crippen LogP contribution in [0.5, 0.6) is 11.8 Å². The topological polar surface area (TPSA) is 205 Å². The first-order valence-electron chi connectivity index (χ1n) is 20.5. The first-order chi connectivity index (χ1) is 32.0. The third-order valence-electron chi connectivity index (χ3n) is 10.9. The van der Waals surface area contributed by atoms with Gasteiger partial charge in [0, 0.05) is 79.7 Å². The van der Waals surface area contributed by atoms with Gasteiger partial charge in [0.15, 0.2) is 5.88 Å². The molecular weight excluding hydrogens is 877 g/mol. The van der Waals surface area contributed by atoms with E-state index in [2.05, 4.69) is 24.7 Å². The van der Waals surface area contributed by atoms with Gasteiger partial charge in [0.05, 0.1) is 48.9 Å². The predicted octanol–water partition coefficient (Wildman–Crippen LogP) is 6.57. The van der Waals surface area contributed by atoms with Crippen LogP contribution in [0.1, 0.15) is 56.9 Å². The normalized spacial score (nSPS) is 12.3. The van der Waals surface area contributed by atoms with Gasteiger partial charge in [-0.25, -0.2) is 41.1 Å². The van der Waals surface area contributed by atoms with Crippen LogP contribution in [0.15, 0.2) is 171 Å². The smallest absolute Gasteiger partial charge is 0.253 e. The van der Waals surface area contributed by atoms with E-state index < -0.39 is 43.2 Å². The lowest BCUT2D eigenvalue weighted by molar-refractivity contribution is 0.393. The molecule has 1 atom stereocenters. The first-order valence-corrected chi connectivity index (χ1v) is 24.0. The molecule has 8 rings (SSSR count). The zero-order valence-corrected chi connectivity index (χ0v) is 37.7. The summed E-state index contributed by atoms with van der Waals surface area (Å²) < 4.78 is 70.0. The lowest BCUT2D eigenvalue weighted by Gasteiger charge is -2.34. The lowest BCUT2D eigenvalue weighted by atomic mass is 9.69. The summed E-state index contributed by atoms with van der Waals surface area (Å²) in [5.74, 6) is -1.57. The maximum absolute atomic E-state index is 14.2. The third-order valence-corrected chi connectivity index (χ3v) is 13.3. The van der Waals surface area contributed by atoms with Crippen LogP contribution >= 0.6 is 0 Å². The highest BCUT2D eigenvalue weighted by molar-refractivity contribution is 7.96. The zero-order chi connectivity index (χ0) is 46.2. The minimum atomic E-state index is -4.49. The van der Waals surface area contributed by atoms with Crippen molar-refractivity contribution in [3.8, 4) is 11.8 Å². The van der Waals surface area contributed by atoms with Crippen LogP contribution in [0, 0.1) is 0 Å². The number of aromatic nitrogens is 8. The molecule has 18 heteroatoms. The van der Waals surface area contributed by atoms with Crippen molar-refractivity contribution >= 4 is 31.7 Å². The number of hydrogen-bond acceptors (Lipinski definition) is 14. The van der Waals surface area contributed by atoms with Crippen molar-refractivity contribution in [3.05, 3.63) is 216 Å². The number of anilines is 2. The van der Waals surface area contributed by atoms with E-state index in [4.69, 9.17) is 29.4 Å². The van der Waals surface area contributed by atoms with E-state index in [0.717, 1.165) is 32.8 Å². The fraction of sp³-hybridized carbons (Fsp3) is 0.167. The van der Waals surface area contributed by atoms with Crippen molar-refractivity contribution in [3.63, 3.8) is 0 Å². The van der Waals surface area contributed by atoms with Crippen molar-refractivity contribution in [2.75, 3.05) is 35.4 Å². The molecule has 0 radical (unpaired) electrons. The van der Waals surface area contributed by atoms with E-state index in [9.17, 15) is 16.8 Å². The number of nitrogens with one attached hydrogen (secondary N) is 1. The molecule has 0 fully saturated rings. The molecule has 334 valence electrons. The van der Waals surface area contributed by atoms with Gasteiger partial charge in [0.25, 0.3) is 10.0 Å². The molecule has 0 aromatic carbocycles. The largest absolute Gasteiger partial charge is 0.481 e. The Morgan fingerprint density at radius 2 is 1.12 bits per heavy atom. The average Bonchev–Trinajstić information content (AvgIpc) is 3.35. The van der Waals surface area contributed by atoms with Crippen molar-refractivity contribution < 1.29 is 26.3 Å². The molecule has 0 aliphatic heterocycles. The summed E-state index contributed by atoms with van der Waals surface area (Å²) in [6.07, 6.45) is 14.8.